The fraction of sp³-hybridized carbons (Fsp3) is 0.0986. The quantitative estimate of drug-likeness (QED) is 0.0577. The summed E-state index contributed by atoms with van der Waals surface area (Å²) in [6, 6.07) is 75.6. The van der Waals surface area contributed by atoms with Gasteiger partial charge >= 0.3 is 8.80 Å². The molecule has 0 aliphatic heterocycles. The summed E-state index contributed by atoms with van der Waals surface area (Å²) in [5.41, 5.74) is 18.4. The Morgan fingerprint density at radius 1 is 0.289 bits per heavy atom. The molecule has 0 amide bonds. The van der Waals surface area contributed by atoms with Gasteiger partial charge in [0.05, 0.1) is 35.2 Å². The molecular weight excluding hydrogens is 1040 g/mol. The first-order valence-corrected chi connectivity index (χ1v) is 30.1. The first-order chi connectivity index (χ1) is 40.6. The Labute approximate surface area is 484 Å². The highest BCUT2D eigenvalue weighted by Gasteiger charge is 2.28. The molecule has 83 heavy (non-hydrogen) atoms. The van der Waals surface area contributed by atoms with Gasteiger partial charge < -0.3 is 14.4 Å². The van der Waals surface area contributed by atoms with Gasteiger partial charge in [-0.15, -0.1) is 0 Å². The average Bonchev–Trinajstić information content (AvgIpc) is 3.75. The maximum absolute atomic E-state index is 9.42. The van der Waals surface area contributed by atoms with E-state index in [1.54, 1.807) is 0 Å². The Bertz CT molecular complexity index is 4110. The second-order valence-electron chi connectivity index (χ2n) is 20.7. The van der Waals surface area contributed by atoms with Crippen LogP contribution < -0.4 is 18.3 Å². The summed E-state index contributed by atoms with van der Waals surface area (Å²) in [7, 11) is -4.10. The van der Waals surface area contributed by atoms with Gasteiger partial charge in [0.25, 0.3) is 0 Å². The topological polar surface area (TPSA) is 128 Å². The van der Waals surface area contributed by atoms with E-state index in [2.05, 4.69) is 216 Å². The van der Waals surface area contributed by atoms with E-state index in [0.717, 1.165) is 116 Å². The summed E-state index contributed by atoms with van der Waals surface area (Å²) in [6.45, 7) is 5.20. The van der Waals surface area contributed by atoms with Crippen LogP contribution in [0.15, 0.2) is 268 Å². The molecule has 0 bridgehead atoms. The molecule has 0 atom stereocenters. The third-order valence-corrected chi connectivity index (χ3v) is 15.9. The summed E-state index contributed by atoms with van der Waals surface area (Å²) in [6.07, 6.45) is 17.6. The molecule has 0 radical (unpaired) electrons. The highest BCUT2D eigenvalue weighted by atomic mass is 28.4. The smallest absolute Gasteiger partial charge is 0.390 e. The minimum absolute atomic E-state index is 0.0619. The number of aryl methyl sites for hydroxylation is 4. The third kappa shape index (κ3) is 13.2. The zero-order chi connectivity index (χ0) is 56.5. The molecule has 12 aromatic rings. The first-order valence-electron chi connectivity index (χ1n) is 28.1. The van der Waals surface area contributed by atoms with Crippen LogP contribution in [0, 0.1) is 0 Å². The number of rotatable bonds is 18. The van der Waals surface area contributed by atoms with E-state index in [1.165, 1.54) is 11.1 Å². The maximum atomic E-state index is 9.42. The van der Waals surface area contributed by atoms with Crippen molar-refractivity contribution in [3.8, 4) is 112 Å². The standard InChI is InChI=1S/C71H62N8O3Si/c1-2-76-40-30-56(31-41-76)52-14-22-60(23-15-52)66-50-67(73-70(72-66)64-10-5-3-6-11-64)61-24-16-53(17-25-61)57-32-42-77(43-33-57)38-9-39-78-44-34-58(35-45-78)54-18-26-62(27-19-54)68-51-69(75-71(74-68)65-12-7-4-8-13-65)63-28-20-55(21-29-63)59-36-46-79(47-37-59)48-49-83(80,81)82/h3-8,10-37,40-47,50-51,80-82H,2,9,38-39,48-49H2,1H3/q+4. The van der Waals surface area contributed by atoms with Gasteiger partial charge in [0.15, 0.2) is 80.9 Å². The van der Waals surface area contributed by atoms with E-state index in [4.69, 9.17) is 19.9 Å². The van der Waals surface area contributed by atoms with Gasteiger partial charge in [-0.3, -0.25) is 0 Å². The number of hydrogen-bond donors (Lipinski definition) is 3. The lowest BCUT2D eigenvalue weighted by Crippen LogP contribution is -2.42. The van der Waals surface area contributed by atoms with Crippen molar-refractivity contribution >= 4 is 8.80 Å². The Morgan fingerprint density at radius 3 is 0.819 bits per heavy atom. The lowest BCUT2D eigenvalue weighted by Gasteiger charge is -2.11. The van der Waals surface area contributed by atoms with Crippen molar-refractivity contribution < 1.29 is 32.7 Å². The van der Waals surface area contributed by atoms with Crippen LogP contribution in [-0.4, -0.2) is 43.1 Å². The minimum Gasteiger partial charge on any atom is -0.390 e. The number of nitrogens with zero attached hydrogens (tertiary/aromatic N) is 8. The molecule has 0 aliphatic carbocycles. The van der Waals surface area contributed by atoms with E-state index < -0.39 is 8.80 Å². The van der Waals surface area contributed by atoms with Crippen LogP contribution in [0.5, 0.6) is 0 Å². The second kappa shape index (κ2) is 24.5. The molecule has 6 aromatic carbocycles. The van der Waals surface area contributed by atoms with Crippen molar-refractivity contribution in [2.24, 2.45) is 0 Å². The molecule has 0 fully saturated rings. The summed E-state index contributed by atoms with van der Waals surface area (Å²) in [5, 5.41) is 0. The summed E-state index contributed by atoms with van der Waals surface area (Å²) in [5.74, 6) is 1.35. The monoisotopic (exact) mass is 1100 g/mol. The summed E-state index contributed by atoms with van der Waals surface area (Å²) in [4.78, 5) is 48.5. The Kier molecular flexibility index (Phi) is 15.9. The zero-order valence-corrected chi connectivity index (χ0v) is 47.1. The Hall–Kier alpha value is -9.82. The van der Waals surface area contributed by atoms with Crippen molar-refractivity contribution in [1.29, 1.82) is 0 Å². The Balaban J connectivity index is 0.675. The number of benzene rings is 6. The van der Waals surface area contributed by atoms with Crippen molar-refractivity contribution in [3.63, 3.8) is 0 Å². The number of aromatic nitrogens is 8. The van der Waals surface area contributed by atoms with Gasteiger partial charge in [0, 0.05) is 81.9 Å². The van der Waals surface area contributed by atoms with Crippen molar-refractivity contribution in [3.05, 3.63) is 268 Å². The lowest BCUT2D eigenvalue weighted by molar-refractivity contribution is -0.726. The highest BCUT2D eigenvalue weighted by Crippen LogP contribution is 2.33. The maximum Gasteiger partial charge on any atom is 0.499 e. The fourth-order valence-electron chi connectivity index (χ4n) is 10.2. The van der Waals surface area contributed by atoms with Crippen LogP contribution in [0.4, 0.5) is 0 Å². The average molecular weight is 1100 g/mol. The van der Waals surface area contributed by atoms with E-state index in [9.17, 15) is 14.4 Å². The van der Waals surface area contributed by atoms with E-state index in [-0.39, 0.29) is 6.04 Å². The highest BCUT2D eigenvalue weighted by molar-refractivity contribution is 6.56. The third-order valence-electron chi connectivity index (χ3n) is 15.0. The van der Waals surface area contributed by atoms with Crippen molar-refractivity contribution in [2.45, 2.75) is 45.6 Å². The number of pyridine rings is 4. The molecule has 0 aliphatic rings. The van der Waals surface area contributed by atoms with E-state index in [0.29, 0.717) is 18.2 Å². The molecule has 0 saturated carbocycles. The minimum atomic E-state index is -4.10. The van der Waals surface area contributed by atoms with Gasteiger partial charge in [-0.25, -0.2) is 38.2 Å². The van der Waals surface area contributed by atoms with Crippen LogP contribution in [-0.2, 0) is 26.2 Å². The van der Waals surface area contributed by atoms with Gasteiger partial charge in [-0.05, 0) is 63.6 Å². The molecule has 0 unspecified atom stereocenters. The second-order valence-corrected chi connectivity index (χ2v) is 22.8. The normalized spacial score (nSPS) is 11.4. The molecule has 0 saturated heterocycles. The van der Waals surface area contributed by atoms with Gasteiger partial charge in [0.2, 0.25) is 0 Å². The van der Waals surface area contributed by atoms with Crippen LogP contribution >= 0.6 is 0 Å². The molecule has 6 aromatic heterocycles. The first kappa shape index (κ1) is 53.8. The van der Waals surface area contributed by atoms with Crippen LogP contribution in [0.1, 0.15) is 13.3 Å². The molecule has 12 heteroatoms. The van der Waals surface area contributed by atoms with Gasteiger partial charge in [-0.1, -0.05) is 158 Å². The summed E-state index contributed by atoms with van der Waals surface area (Å²) < 4.78 is 8.49. The van der Waals surface area contributed by atoms with E-state index in [1.807, 2.05) is 77.6 Å². The molecular formula is C71H62N8O3Si+4. The molecule has 6 heterocycles. The fourth-order valence-corrected chi connectivity index (χ4v) is 10.8. The van der Waals surface area contributed by atoms with Crippen LogP contribution in [0.2, 0.25) is 6.04 Å². The van der Waals surface area contributed by atoms with Crippen molar-refractivity contribution in [2.75, 3.05) is 0 Å². The van der Waals surface area contributed by atoms with Gasteiger partial charge in [-0.2, -0.15) is 0 Å². The molecule has 3 N–H and O–H groups in total. The Morgan fingerprint density at radius 2 is 0.542 bits per heavy atom. The SMILES string of the molecule is CC[n+]1ccc(-c2ccc(-c3cc(-c4ccc(-c5cc[n+](CCC[n+]6ccc(-c7ccc(-c8cc(-c9ccc(-c%10cc[n+](CC[Si](O)(O)O)cc%10)cc9)nc(-c9ccccc9)n8)cc7)cc6)cc5)cc4)nc(-c4ccccc4)n3)cc2)cc1. The predicted molar refractivity (Wildman–Crippen MR) is 327 cm³/mol. The zero-order valence-electron chi connectivity index (χ0n) is 46.1. The number of hydrogen-bond acceptors (Lipinski definition) is 7. The van der Waals surface area contributed by atoms with Gasteiger partial charge in [0.1, 0.15) is 6.54 Å². The lowest BCUT2D eigenvalue weighted by atomic mass is 10.0. The van der Waals surface area contributed by atoms with Crippen LogP contribution in [0.25, 0.3) is 112 Å². The molecule has 404 valence electrons. The molecule has 11 nitrogen and oxygen atoms in total. The van der Waals surface area contributed by atoms with E-state index >= 15 is 0 Å². The van der Waals surface area contributed by atoms with Crippen LogP contribution in [0.3, 0.4) is 0 Å². The largest absolute Gasteiger partial charge is 0.499 e. The van der Waals surface area contributed by atoms with Crippen molar-refractivity contribution in [1.82, 2.24) is 19.9 Å². The summed E-state index contributed by atoms with van der Waals surface area (Å²) >= 11 is 0. The molecule has 12 rings (SSSR count). The predicted octanol–water partition coefficient (Wildman–Crippen LogP) is 12.1. The molecule has 0 spiro atoms.